The first-order valence-electron chi connectivity index (χ1n) is 17.9. The molecule has 2 amide bonds. The van der Waals surface area contributed by atoms with Crippen molar-refractivity contribution >= 4 is 24.4 Å². The fourth-order valence-electron chi connectivity index (χ4n) is 3.77. The lowest BCUT2D eigenvalue weighted by atomic mass is 10.2. The van der Waals surface area contributed by atoms with Gasteiger partial charge in [0.1, 0.15) is 12.6 Å². The zero-order valence-corrected chi connectivity index (χ0v) is 31.1. The minimum atomic E-state index is -0.394. The Kier molecular flexibility index (Phi) is 41.4. The third kappa shape index (κ3) is 39.0. The number of nitrogens with one attached hydrogen (secondary N) is 1. The van der Waals surface area contributed by atoms with Crippen LogP contribution in [0.5, 0.6) is 0 Å². The van der Waals surface area contributed by atoms with Crippen LogP contribution in [0, 0.1) is 0 Å². The Morgan fingerprint density at radius 1 is 0.481 bits per heavy atom. The van der Waals surface area contributed by atoms with Gasteiger partial charge in [-0.15, -0.1) is 0 Å². The molecule has 0 fully saturated rings. The van der Waals surface area contributed by atoms with Gasteiger partial charge in [-0.2, -0.15) is 0 Å². The van der Waals surface area contributed by atoms with Crippen molar-refractivity contribution in [3.8, 4) is 0 Å². The van der Waals surface area contributed by atoms with Crippen LogP contribution in [-0.2, 0) is 76.0 Å². The van der Waals surface area contributed by atoms with Gasteiger partial charge in [-0.05, 0) is 6.42 Å². The number of amides is 2. The number of unbranched alkanes of at least 4 members (excludes halogenated alkanes) is 1. The van der Waals surface area contributed by atoms with Gasteiger partial charge in [-0.1, -0.05) is 0 Å². The summed E-state index contributed by atoms with van der Waals surface area (Å²) in [4.78, 5) is 46.5. The van der Waals surface area contributed by atoms with Crippen molar-refractivity contribution < 1.29 is 76.0 Å². The topological polar surface area (TPSA) is 194 Å². The van der Waals surface area contributed by atoms with Crippen molar-refractivity contribution in [3.63, 3.8) is 0 Å². The maximum atomic E-state index is 12.1. The van der Waals surface area contributed by atoms with E-state index in [0.29, 0.717) is 158 Å². The van der Waals surface area contributed by atoms with Gasteiger partial charge in [-0.3, -0.25) is 9.59 Å². The number of nitrogens with zero attached hydrogens (tertiary/aromatic N) is 1. The van der Waals surface area contributed by atoms with E-state index in [-0.39, 0.29) is 45.0 Å². The summed E-state index contributed by atoms with van der Waals surface area (Å²) < 4.78 is 64.6. The average molecular weight is 757 g/mol. The maximum absolute atomic E-state index is 12.1. The molecule has 0 saturated heterocycles. The Balaban J connectivity index is 3.26. The second-order valence-corrected chi connectivity index (χ2v) is 10.6. The van der Waals surface area contributed by atoms with E-state index in [4.69, 9.17) is 56.8 Å². The first kappa shape index (κ1) is 49.8. The predicted molar refractivity (Wildman–Crippen MR) is 186 cm³/mol. The molecule has 1 N–H and O–H groups in total. The zero-order valence-electron chi connectivity index (χ0n) is 31.1. The van der Waals surface area contributed by atoms with Crippen LogP contribution in [0.3, 0.4) is 0 Å². The highest BCUT2D eigenvalue weighted by atomic mass is 16.6. The van der Waals surface area contributed by atoms with Gasteiger partial charge >= 0.3 is 0 Å². The highest BCUT2D eigenvalue weighted by Crippen LogP contribution is 1.99. The second kappa shape index (κ2) is 43.2. The Labute approximate surface area is 308 Å². The van der Waals surface area contributed by atoms with Gasteiger partial charge in [0.2, 0.25) is 11.8 Å². The molecular weight excluding hydrogens is 692 g/mol. The molecule has 0 aliphatic carbocycles. The first-order valence-corrected chi connectivity index (χ1v) is 17.9. The van der Waals surface area contributed by atoms with Crippen molar-refractivity contribution in [2.75, 3.05) is 179 Å². The molecule has 0 spiro atoms. The molecule has 306 valence electrons. The lowest BCUT2D eigenvalue weighted by molar-refractivity contribution is -0.137. The number of rotatable bonds is 44. The van der Waals surface area contributed by atoms with Crippen LogP contribution in [0.2, 0.25) is 0 Å². The molecule has 0 rings (SSSR count). The molecule has 0 radical (unpaired) electrons. The standard InChI is InChI=1S/C34H64N2O16/c1-41-10-11-43-14-15-45-18-19-47-22-23-49-26-27-51-30-31-52-29-28-50-25-24-48-21-20-46-17-16-44-13-12-42-9-5-35-33(39)32-36(6-8-38)34(40)4-2-3-7-37/h7-8H,2-6,9-32H2,1H3,(H,35,39). The van der Waals surface area contributed by atoms with Crippen LogP contribution in [-0.4, -0.2) is 208 Å². The summed E-state index contributed by atoms with van der Waals surface area (Å²) in [7, 11) is 1.64. The quantitative estimate of drug-likeness (QED) is 0.0607. The van der Waals surface area contributed by atoms with E-state index in [2.05, 4.69) is 5.32 Å². The highest BCUT2D eigenvalue weighted by molar-refractivity contribution is 5.86. The summed E-state index contributed by atoms with van der Waals surface area (Å²) in [5.74, 6) is -0.738. The molecule has 0 aliphatic rings. The van der Waals surface area contributed by atoms with Gasteiger partial charge in [0.25, 0.3) is 0 Å². The number of methoxy groups -OCH3 is 1. The van der Waals surface area contributed by atoms with Crippen LogP contribution < -0.4 is 5.32 Å². The second-order valence-electron chi connectivity index (χ2n) is 10.6. The van der Waals surface area contributed by atoms with E-state index in [0.717, 1.165) is 11.2 Å². The average Bonchev–Trinajstić information content (AvgIpc) is 3.14. The van der Waals surface area contributed by atoms with Gasteiger partial charge < -0.3 is 76.6 Å². The SMILES string of the molecule is COCCOCCOCCOCCOCCOCCOCCOCCOCCOCCOCCOCCNC(=O)CN(CC=O)C(=O)CCCC=O. The largest absolute Gasteiger partial charge is 0.382 e. The molecule has 0 heterocycles. The lowest BCUT2D eigenvalue weighted by Gasteiger charge is -2.19. The number of carbonyl (C=O) groups is 4. The van der Waals surface area contributed by atoms with Crippen molar-refractivity contribution in [2.45, 2.75) is 19.3 Å². The molecule has 0 atom stereocenters. The lowest BCUT2D eigenvalue weighted by Crippen LogP contribution is -2.42. The predicted octanol–water partition coefficient (Wildman–Crippen LogP) is -0.672. The minimum Gasteiger partial charge on any atom is -0.382 e. The van der Waals surface area contributed by atoms with Gasteiger partial charge in [0.05, 0.1) is 165 Å². The minimum absolute atomic E-state index is 0.108. The Morgan fingerprint density at radius 3 is 1.12 bits per heavy atom. The van der Waals surface area contributed by atoms with E-state index in [1.807, 2.05) is 0 Å². The summed E-state index contributed by atoms with van der Waals surface area (Å²) in [5.41, 5.74) is 0. The van der Waals surface area contributed by atoms with Crippen LogP contribution in [0.4, 0.5) is 0 Å². The number of ether oxygens (including phenoxy) is 12. The molecule has 0 bridgehead atoms. The molecule has 18 nitrogen and oxygen atoms in total. The summed E-state index contributed by atoms with van der Waals surface area (Å²) in [6, 6.07) is 0. The van der Waals surface area contributed by atoms with Crippen LogP contribution in [0.1, 0.15) is 19.3 Å². The van der Waals surface area contributed by atoms with E-state index in [1.165, 1.54) is 0 Å². The number of aldehydes is 2. The molecule has 18 heteroatoms. The summed E-state index contributed by atoms with van der Waals surface area (Å²) in [6.07, 6.45) is 2.03. The molecular formula is C34H64N2O16. The summed E-state index contributed by atoms with van der Waals surface area (Å²) in [6.45, 7) is 10.7. The number of hydrogen-bond donors (Lipinski definition) is 1. The first-order chi connectivity index (χ1) is 25.7. The molecule has 0 aromatic carbocycles. The number of carbonyl (C=O) groups excluding carboxylic acids is 4. The molecule has 0 aromatic heterocycles. The third-order valence-corrected chi connectivity index (χ3v) is 6.42. The van der Waals surface area contributed by atoms with Crippen LogP contribution in [0.25, 0.3) is 0 Å². The molecule has 0 saturated carbocycles. The van der Waals surface area contributed by atoms with Gasteiger partial charge in [-0.25, -0.2) is 0 Å². The van der Waals surface area contributed by atoms with Crippen molar-refractivity contribution in [1.29, 1.82) is 0 Å². The fourth-order valence-corrected chi connectivity index (χ4v) is 3.77. The summed E-state index contributed by atoms with van der Waals surface area (Å²) in [5, 5.41) is 2.64. The zero-order chi connectivity index (χ0) is 37.8. The van der Waals surface area contributed by atoms with Crippen LogP contribution in [0.15, 0.2) is 0 Å². The van der Waals surface area contributed by atoms with Crippen molar-refractivity contribution in [1.82, 2.24) is 10.2 Å². The molecule has 0 aliphatic heterocycles. The monoisotopic (exact) mass is 756 g/mol. The molecule has 0 unspecified atom stereocenters. The van der Waals surface area contributed by atoms with Crippen molar-refractivity contribution in [3.05, 3.63) is 0 Å². The van der Waals surface area contributed by atoms with Gasteiger partial charge in [0, 0.05) is 26.5 Å². The van der Waals surface area contributed by atoms with Crippen LogP contribution >= 0.6 is 0 Å². The highest BCUT2D eigenvalue weighted by Gasteiger charge is 2.16. The Morgan fingerprint density at radius 2 is 0.808 bits per heavy atom. The van der Waals surface area contributed by atoms with E-state index in [1.54, 1.807) is 7.11 Å². The molecule has 52 heavy (non-hydrogen) atoms. The van der Waals surface area contributed by atoms with E-state index >= 15 is 0 Å². The Bertz CT molecular complexity index is 799. The normalized spacial score (nSPS) is 11.2. The van der Waals surface area contributed by atoms with E-state index < -0.39 is 5.91 Å². The van der Waals surface area contributed by atoms with Crippen molar-refractivity contribution in [2.24, 2.45) is 0 Å². The fraction of sp³-hybridized carbons (Fsp3) is 0.882. The van der Waals surface area contributed by atoms with Gasteiger partial charge in [0.15, 0.2) is 0 Å². The smallest absolute Gasteiger partial charge is 0.239 e. The summed E-state index contributed by atoms with van der Waals surface area (Å²) >= 11 is 0. The molecule has 0 aromatic rings. The number of hydrogen-bond acceptors (Lipinski definition) is 16. The van der Waals surface area contributed by atoms with E-state index in [9.17, 15) is 19.2 Å². The third-order valence-electron chi connectivity index (χ3n) is 6.42. The maximum Gasteiger partial charge on any atom is 0.239 e. The Hall–Kier alpha value is -2.20.